The van der Waals surface area contributed by atoms with Crippen LogP contribution in [0, 0.1) is 6.92 Å². The van der Waals surface area contributed by atoms with E-state index in [0.29, 0.717) is 0 Å². The van der Waals surface area contributed by atoms with Gasteiger partial charge in [0.25, 0.3) is 0 Å². The number of rotatable bonds is 6. The Bertz CT molecular complexity index is 457. The van der Waals surface area contributed by atoms with Gasteiger partial charge in [-0.2, -0.15) is 10.2 Å². The Balaban J connectivity index is 1.62. The Morgan fingerprint density at radius 2 is 2.29 bits per heavy atom. The van der Waals surface area contributed by atoms with E-state index in [-0.39, 0.29) is 0 Å². The first-order valence-electron chi connectivity index (χ1n) is 5.93. The summed E-state index contributed by atoms with van der Waals surface area (Å²) in [6.45, 7) is 3.96. The van der Waals surface area contributed by atoms with Crippen molar-refractivity contribution in [3.8, 4) is 0 Å². The van der Waals surface area contributed by atoms with Crippen LogP contribution >= 0.6 is 0 Å². The first-order chi connectivity index (χ1) is 8.25. The summed E-state index contributed by atoms with van der Waals surface area (Å²) in [5.74, 6) is 0. The van der Waals surface area contributed by atoms with Gasteiger partial charge < -0.3 is 5.32 Å². The number of nitrogens with one attached hydrogen (secondary N) is 2. The molecule has 0 amide bonds. The number of aromatic amines is 1. The molecule has 0 saturated carbocycles. The van der Waals surface area contributed by atoms with E-state index < -0.39 is 0 Å². The standard InChI is InChI=1S/C12H19N5/c1-10-12(8-14-16-10)4-3-5-13-6-11-7-15-17(2)9-11/h7-9,13H,3-6H2,1-2H3,(H,14,16). The maximum Gasteiger partial charge on any atom is 0.0534 e. The summed E-state index contributed by atoms with van der Waals surface area (Å²) >= 11 is 0. The van der Waals surface area contributed by atoms with Crippen molar-refractivity contribution in [3.63, 3.8) is 0 Å². The Hall–Kier alpha value is -1.62. The topological polar surface area (TPSA) is 58.5 Å². The molecule has 5 nitrogen and oxygen atoms in total. The van der Waals surface area contributed by atoms with Crippen molar-refractivity contribution < 1.29 is 0 Å². The highest BCUT2D eigenvalue weighted by Crippen LogP contribution is 2.05. The minimum absolute atomic E-state index is 0.887. The fourth-order valence-electron chi connectivity index (χ4n) is 1.83. The van der Waals surface area contributed by atoms with Crippen molar-refractivity contribution in [1.82, 2.24) is 25.3 Å². The van der Waals surface area contributed by atoms with Crippen molar-refractivity contribution >= 4 is 0 Å². The highest BCUT2D eigenvalue weighted by atomic mass is 15.2. The molecular formula is C12H19N5. The summed E-state index contributed by atoms with van der Waals surface area (Å²) < 4.78 is 1.83. The first kappa shape index (κ1) is 11.9. The molecule has 2 heterocycles. The molecule has 0 bridgehead atoms. The van der Waals surface area contributed by atoms with Gasteiger partial charge in [0.2, 0.25) is 0 Å². The molecule has 17 heavy (non-hydrogen) atoms. The number of aryl methyl sites for hydroxylation is 3. The van der Waals surface area contributed by atoms with Gasteiger partial charge in [0.05, 0.1) is 12.4 Å². The highest BCUT2D eigenvalue weighted by molar-refractivity contribution is 5.14. The third-order valence-electron chi connectivity index (χ3n) is 2.82. The fourth-order valence-corrected chi connectivity index (χ4v) is 1.83. The van der Waals surface area contributed by atoms with Gasteiger partial charge in [0.15, 0.2) is 0 Å². The predicted molar refractivity (Wildman–Crippen MR) is 66.6 cm³/mol. The summed E-state index contributed by atoms with van der Waals surface area (Å²) in [6, 6.07) is 0. The van der Waals surface area contributed by atoms with Crippen LogP contribution in [-0.4, -0.2) is 26.5 Å². The van der Waals surface area contributed by atoms with E-state index in [4.69, 9.17) is 0 Å². The van der Waals surface area contributed by atoms with Crippen LogP contribution in [0.1, 0.15) is 23.2 Å². The molecule has 0 aliphatic carbocycles. The third kappa shape index (κ3) is 3.42. The molecular weight excluding hydrogens is 214 g/mol. The second-order valence-electron chi connectivity index (χ2n) is 4.32. The molecule has 2 N–H and O–H groups in total. The zero-order chi connectivity index (χ0) is 12.1. The smallest absolute Gasteiger partial charge is 0.0534 e. The Labute approximate surface area is 101 Å². The lowest BCUT2D eigenvalue weighted by Gasteiger charge is -2.02. The molecule has 0 spiro atoms. The summed E-state index contributed by atoms with van der Waals surface area (Å²) in [5.41, 5.74) is 3.72. The minimum atomic E-state index is 0.887. The molecule has 0 saturated heterocycles. The predicted octanol–water partition coefficient (Wildman–Crippen LogP) is 1.17. The maximum absolute atomic E-state index is 4.13. The van der Waals surface area contributed by atoms with Gasteiger partial charge in [-0.05, 0) is 31.9 Å². The molecule has 0 aliphatic heterocycles. The Kier molecular flexibility index (Phi) is 3.93. The van der Waals surface area contributed by atoms with Crippen molar-refractivity contribution in [3.05, 3.63) is 35.4 Å². The molecule has 92 valence electrons. The molecule has 0 aliphatic rings. The number of aromatic nitrogens is 4. The second-order valence-corrected chi connectivity index (χ2v) is 4.32. The van der Waals surface area contributed by atoms with Crippen molar-refractivity contribution in [2.45, 2.75) is 26.3 Å². The van der Waals surface area contributed by atoms with Crippen LogP contribution in [0.4, 0.5) is 0 Å². The van der Waals surface area contributed by atoms with E-state index >= 15 is 0 Å². The highest BCUT2D eigenvalue weighted by Gasteiger charge is 2.00. The van der Waals surface area contributed by atoms with Crippen LogP contribution in [0.2, 0.25) is 0 Å². The molecule has 0 aromatic carbocycles. The SMILES string of the molecule is Cc1[nH]ncc1CCCNCc1cnn(C)c1. The number of hydrogen-bond donors (Lipinski definition) is 2. The molecule has 2 rings (SSSR count). The molecule has 0 radical (unpaired) electrons. The maximum atomic E-state index is 4.13. The quantitative estimate of drug-likeness (QED) is 0.736. The van der Waals surface area contributed by atoms with Crippen LogP contribution in [0.3, 0.4) is 0 Å². The number of hydrogen-bond acceptors (Lipinski definition) is 3. The van der Waals surface area contributed by atoms with Gasteiger partial charge in [-0.15, -0.1) is 0 Å². The van der Waals surface area contributed by atoms with E-state index in [0.717, 1.165) is 25.9 Å². The van der Waals surface area contributed by atoms with Gasteiger partial charge in [-0.25, -0.2) is 0 Å². The molecule has 2 aromatic rings. The van der Waals surface area contributed by atoms with Gasteiger partial charge in [0, 0.05) is 31.0 Å². The fraction of sp³-hybridized carbons (Fsp3) is 0.500. The minimum Gasteiger partial charge on any atom is -0.313 e. The van der Waals surface area contributed by atoms with E-state index in [1.54, 1.807) is 0 Å². The third-order valence-corrected chi connectivity index (χ3v) is 2.82. The molecule has 0 fully saturated rings. The summed E-state index contributed by atoms with van der Waals surface area (Å²) in [5, 5.41) is 14.5. The molecule has 2 aromatic heterocycles. The van der Waals surface area contributed by atoms with E-state index in [2.05, 4.69) is 27.5 Å². The van der Waals surface area contributed by atoms with E-state index in [1.807, 2.05) is 30.3 Å². The van der Waals surface area contributed by atoms with E-state index in [9.17, 15) is 0 Å². The van der Waals surface area contributed by atoms with Crippen LogP contribution in [0.15, 0.2) is 18.6 Å². The van der Waals surface area contributed by atoms with Crippen molar-refractivity contribution in [2.24, 2.45) is 7.05 Å². The second kappa shape index (κ2) is 5.63. The normalized spacial score (nSPS) is 10.9. The van der Waals surface area contributed by atoms with Gasteiger partial charge in [0.1, 0.15) is 0 Å². The summed E-state index contributed by atoms with van der Waals surface area (Å²) in [6.07, 6.45) is 8.04. The molecule has 0 unspecified atom stereocenters. The zero-order valence-corrected chi connectivity index (χ0v) is 10.4. The van der Waals surface area contributed by atoms with Crippen molar-refractivity contribution in [2.75, 3.05) is 6.54 Å². The van der Waals surface area contributed by atoms with Crippen LogP contribution in [0.5, 0.6) is 0 Å². The van der Waals surface area contributed by atoms with Gasteiger partial charge >= 0.3 is 0 Å². The summed E-state index contributed by atoms with van der Waals surface area (Å²) in [4.78, 5) is 0. The number of nitrogens with zero attached hydrogens (tertiary/aromatic N) is 3. The average Bonchev–Trinajstić information content (AvgIpc) is 2.88. The molecule has 5 heteroatoms. The lowest BCUT2D eigenvalue weighted by Crippen LogP contribution is -2.15. The van der Waals surface area contributed by atoms with Crippen LogP contribution in [0.25, 0.3) is 0 Å². The van der Waals surface area contributed by atoms with Crippen LogP contribution in [-0.2, 0) is 20.0 Å². The summed E-state index contributed by atoms with van der Waals surface area (Å²) in [7, 11) is 1.94. The largest absolute Gasteiger partial charge is 0.313 e. The Morgan fingerprint density at radius 3 is 2.94 bits per heavy atom. The van der Waals surface area contributed by atoms with Crippen LogP contribution < -0.4 is 5.32 Å². The first-order valence-corrected chi connectivity index (χ1v) is 5.93. The van der Waals surface area contributed by atoms with Gasteiger partial charge in [-0.1, -0.05) is 0 Å². The Morgan fingerprint density at radius 1 is 1.41 bits per heavy atom. The number of H-pyrrole nitrogens is 1. The van der Waals surface area contributed by atoms with E-state index in [1.165, 1.54) is 16.8 Å². The van der Waals surface area contributed by atoms with Gasteiger partial charge in [-0.3, -0.25) is 9.78 Å². The zero-order valence-electron chi connectivity index (χ0n) is 10.4. The lowest BCUT2D eigenvalue weighted by molar-refractivity contribution is 0.648. The monoisotopic (exact) mass is 233 g/mol. The van der Waals surface area contributed by atoms with Crippen molar-refractivity contribution in [1.29, 1.82) is 0 Å². The molecule has 0 atom stereocenters. The average molecular weight is 233 g/mol. The lowest BCUT2D eigenvalue weighted by atomic mass is 10.1.